The number of halogens is 4. The van der Waals surface area contributed by atoms with Gasteiger partial charge in [-0.15, -0.1) is 0 Å². The normalized spacial score (nSPS) is 11.6. The third-order valence-electron chi connectivity index (χ3n) is 0.911. The van der Waals surface area contributed by atoms with E-state index in [2.05, 4.69) is 9.97 Å². The van der Waals surface area contributed by atoms with Crippen LogP contribution in [0.1, 0.15) is 5.69 Å². The number of aromatic nitrogens is 2. The van der Waals surface area contributed by atoms with E-state index in [0.29, 0.717) is 9.90 Å². The molecule has 0 fully saturated rings. The molecule has 0 aliphatic rings. The van der Waals surface area contributed by atoms with Crippen molar-refractivity contribution < 1.29 is 13.2 Å². The van der Waals surface area contributed by atoms with E-state index in [1.165, 1.54) is 0 Å². The first-order valence-electron chi connectivity index (χ1n) is 2.55. The molecule has 0 N–H and O–H groups in total. The summed E-state index contributed by atoms with van der Waals surface area (Å²) in [6, 6.07) is 0. The maximum absolute atomic E-state index is 11.8. The standard InChI is InChI=1S/C5H2F3IN2/c6-5(7,8)3-1-11-4(9)2-10-3/h1-2H. The molecule has 0 aliphatic carbocycles. The molecule has 11 heavy (non-hydrogen) atoms. The molecule has 0 atom stereocenters. The fraction of sp³-hybridized carbons (Fsp3) is 0.200. The molecule has 1 aromatic heterocycles. The molecule has 0 spiro atoms. The van der Waals surface area contributed by atoms with E-state index in [9.17, 15) is 13.2 Å². The highest BCUT2D eigenvalue weighted by Gasteiger charge is 2.32. The van der Waals surface area contributed by atoms with Gasteiger partial charge in [0.25, 0.3) is 0 Å². The van der Waals surface area contributed by atoms with Crippen molar-refractivity contribution in [3.63, 3.8) is 0 Å². The van der Waals surface area contributed by atoms with Gasteiger partial charge in [-0.1, -0.05) is 0 Å². The molecular formula is C5H2F3IN2. The van der Waals surface area contributed by atoms with Crippen molar-refractivity contribution in [1.29, 1.82) is 0 Å². The monoisotopic (exact) mass is 274 g/mol. The molecule has 6 heteroatoms. The second-order valence-electron chi connectivity index (χ2n) is 1.72. The molecule has 0 radical (unpaired) electrons. The summed E-state index contributed by atoms with van der Waals surface area (Å²) in [5.41, 5.74) is -0.960. The summed E-state index contributed by atoms with van der Waals surface area (Å²) < 4.78 is 35.9. The lowest BCUT2D eigenvalue weighted by molar-refractivity contribution is -0.141. The zero-order chi connectivity index (χ0) is 8.48. The van der Waals surface area contributed by atoms with E-state index in [1.807, 2.05) is 0 Å². The molecule has 0 bridgehead atoms. The van der Waals surface area contributed by atoms with Crippen LogP contribution in [0, 0.1) is 3.70 Å². The second kappa shape index (κ2) is 2.92. The molecule has 0 unspecified atom stereocenters. The predicted octanol–water partition coefficient (Wildman–Crippen LogP) is 2.10. The van der Waals surface area contributed by atoms with Gasteiger partial charge in [-0.25, -0.2) is 9.97 Å². The minimum absolute atomic E-state index is 0.440. The zero-order valence-corrected chi connectivity index (χ0v) is 7.22. The highest BCUT2D eigenvalue weighted by Crippen LogP contribution is 2.26. The van der Waals surface area contributed by atoms with Gasteiger partial charge in [0, 0.05) is 0 Å². The maximum atomic E-state index is 11.8. The molecule has 0 saturated heterocycles. The van der Waals surface area contributed by atoms with Crippen LogP contribution in [0.2, 0.25) is 0 Å². The van der Waals surface area contributed by atoms with Gasteiger partial charge in [0.1, 0.15) is 3.70 Å². The summed E-state index contributed by atoms with van der Waals surface area (Å²) in [5, 5.41) is 0. The molecular weight excluding hydrogens is 272 g/mol. The number of nitrogens with zero attached hydrogens (tertiary/aromatic N) is 2. The van der Waals surface area contributed by atoms with Gasteiger partial charge in [-0.3, -0.25) is 0 Å². The number of rotatable bonds is 0. The lowest BCUT2D eigenvalue weighted by atomic mass is 10.4. The Morgan fingerprint density at radius 1 is 1.18 bits per heavy atom. The van der Waals surface area contributed by atoms with Crippen LogP contribution in [0.3, 0.4) is 0 Å². The topological polar surface area (TPSA) is 25.8 Å². The molecule has 60 valence electrons. The highest BCUT2D eigenvalue weighted by molar-refractivity contribution is 14.1. The van der Waals surface area contributed by atoms with Gasteiger partial charge in [0.05, 0.1) is 12.4 Å². The van der Waals surface area contributed by atoms with E-state index in [-0.39, 0.29) is 0 Å². The van der Waals surface area contributed by atoms with Crippen LogP contribution in [-0.2, 0) is 6.18 Å². The van der Waals surface area contributed by atoms with Gasteiger partial charge in [0.2, 0.25) is 0 Å². The Kier molecular flexibility index (Phi) is 2.31. The van der Waals surface area contributed by atoms with E-state index in [0.717, 1.165) is 6.20 Å². The average Bonchev–Trinajstić information content (AvgIpc) is 1.86. The van der Waals surface area contributed by atoms with Crippen molar-refractivity contribution in [3.05, 3.63) is 21.8 Å². The number of alkyl halides is 3. The average molecular weight is 274 g/mol. The Hall–Kier alpha value is -0.400. The molecule has 1 rings (SSSR count). The molecule has 2 nitrogen and oxygen atoms in total. The highest BCUT2D eigenvalue weighted by atomic mass is 127. The van der Waals surface area contributed by atoms with Crippen molar-refractivity contribution in [3.8, 4) is 0 Å². The minimum atomic E-state index is -4.39. The van der Waals surface area contributed by atoms with Crippen LogP contribution in [0.15, 0.2) is 12.4 Å². The summed E-state index contributed by atoms with van der Waals surface area (Å²) in [7, 11) is 0. The number of hydrogen-bond donors (Lipinski definition) is 0. The van der Waals surface area contributed by atoms with Gasteiger partial charge in [-0.05, 0) is 22.6 Å². The molecule has 0 aliphatic heterocycles. The van der Waals surface area contributed by atoms with E-state index in [1.54, 1.807) is 22.6 Å². The summed E-state index contributed by atoms with van der Waals surface area (Å²) in [4.78, 5) is 6.60. The third kappa shape index (κ3) is 2.28. The fourth-order valence-corrected chi connectivity index (χ4v) is 0.737. The van der Waals surface area contributed by atoms with Crippen molar-refractivity contribution in [2.45, 2.75) is 6.18 Å². The first kappa shape index (κ1) is 8.69. The van der Waals surface area contributed by atoms with Crippen LogP contribution >= 0.6 is 22.6 Å². The van der Waals surface area contributed by atoms with Crippen LogP contribution < -0.4 is 0 Å². The van der Waals surface area contributed by atoms with E-state index in [4.69, 9.17) is 0 Å². The lowest BCUT2D eigenvalue weighted by Crippen LogP contribution is -2.08. The van der Waals surface area contributed by atoms with Crippen molar-refractivity contribution in [2.24, 2.45) is 0 Å². The van der Waals surface area contributed by atoms with Gasteiger partial charge >= 0.3 is 6.18 Å². The molecule has 0 aromatic carbocycles. The van der Waals surface area contributed by atoms with E-state index >= 15 is 0 Å². The summed E-state index contributed by atoms with van der Waals surface area (Å²) in [6.45, 7) is 0. The van der Waals surface area contributed by atoms with Gasteiger partial charge in [0.15, 0.2) is 5.69 Å². The molecule has 0 saturated carbocycles. The summed E-state index contributed by atoms with van der Waals surface area (Å²) >= 11 is 1.78. The Morgan fingerprint density at radius 3 is 2.18 bits per heavy atom. The maximum Gasteiger partial charge on any atom is 0.434 e. The van der Waals surface area contributed by atoms with Crippen molar-refractivity contribution >= 4 is 22.6 Å². The van der Waals surface area contributed by atoms with Crippen LogP contribution in [-0.4, -0.2) is 9.97 Å². The second-order valence-corrected chi connectivity index (χ2v) is 2.83. The van der Waals surface area contributed by atoms with Gasteiger partial charge in [-0.2, -0.15) is 13.2 Å². The molecule has 1 heterocycles. The van der Waals surface area contributed by atoms with Crippen molar-refractivity contribution in [1.82, 2.24) is 9.97 Å². The smallest absolute Gasteiger partial charge is 0.248 e. The van der Waals surface area contributed by atoms with E-state index < -0.39 is 11.9 Å². The first-order valence-corrected chi connectivity index (χ1v) is 3.63. The number of hydrogen-bond acceptors (Lipinski definition) is 2. The van der Waals surface area contributed by atoms with Crippen LogP contribution in [0.25, 0.3) is 0 Å². The quantitative estimate of drug-likeness (QED) is 0.677. The SMILES string of the molecule is FC(F)(F)c1cnc(I)cn1. The first-order chi connectivity index (χ1) is 5.00. The van der Waals surface area contributed by atoms with Crippen LogP contribution in [0.5, 0.6) is 0 Å². The largest absolute Gasteiger partial charge is 0.434 e. The van der Waals surface area contributed by atoms with Crippen LogP contribution in [0.4, 0.5) is 13.2 Å². The third-order valence-corrected chi connectivity index (χ3v) is 1.47. The summed E-state index contributed by atoms with van der Waals surface area (Å²) in [6.07, 6.45) is -2.61. The van der Waals surface area contributed by atoms with Crippen molar-refractivity contribution in [2.75, 3.05) is 0 Å². The Bertz CT molecular complexity index is 243. The zero-order valence-electron chi connectivity index (χ0n) is 5.06. The Morgan fingerprint density at radius 2 is 1.82 bits per heavy atom. The summed E-state index contributed by atoms with van der Waals surface area (Å²) in [5.74, 6) is 0. The lowest BCUT2D eigenvalue weighted by Gasteiger charge is -2.02. The Balaban J connectivity index is 2.99. The minimum Gasteiger partial charge on any atom is -0.248 e. The molecule has 0 amide bonds. The molecule has 1 aromatic rings. The van der Waals surface area contributed by atoms with Gasteiger partial charge < -0.3 is 0 Å². The predicted molar refractivity (Wildman–Crippen MR) is 39.8 cm³/mol. The fourth-order valence-electron chi connectivity index (χ4n) is 0.459. The Labute approximate surface area is 74.0 Å².